The van der Waals surface area contributed by atoms with Crippen LogP contribution in [-0.4, -0.2) is 23.7 Å². The molecule has 64 valence electrons. The van der Waals surface area contributed by atoms with E-state index < -0.39 is 10.1 Å². The van der Waals surface area contributed by atoms with Crippen LogP contribution in [0.2, 0.25) is 0 Å². The maximum Gasteiger partial charge on any atom is 0.264 e. The lowest BCUT2D eigenvalue weighted by Gasteiger charge is -1.79. The Bertz CT molecular complexity index is 234. The number of hydrogen-bond donors (Lipinski definition) is 2. The third-order valence-electron chi connectivity index (χ3n) is 0.861. The second kappa shape index (κ2) is 4.92. The minimum Gasteiger partial charge on any atom is -0.368 e. The van der Waals surface area contributed by atoms with Gasteiger partial charge in [-0.25, -0.2) is 0 Å². The number of H-pyrrole nitrogens is 1. The van der Waals surface area contributed by atoms with Crippen LogP contribution in [0, 0.1) is 0 Å². The first-order valence-corrected chi connectivity index (χ1v) is 4.70. The Hall–Kier alpha value is -0.810. The molecule has 4 nitrogen and oxygen atoms in total. The molecule has 0 atom stereocenters. The largest absolute Gasteiger partial charge is 0.368 e. The summed E-state index contributed by atoms with van der Waals surface area (Å²) in [7, 11) is -3.66. The summed E-state index contributed by atoms with van der Waals surface area (Å²) in [5.74, 6) is -0.201. The number of aromatic nitrogens is 1. The van der Waals surface area contributed by atoms with Crippen molar-refractivity contribution in [3.63, 3.8) is 0 Å². The third-order valence-corrected chi connectivity index (χ3v) is 1.59. The van der Waals surface area contributed by atoms with E-state index >= 15 is 0 Å². The Balaban J connectivity index is 0.000000183. The quantitative estimate of drug-likeness (QED) is 0.626. The van der Waals surface area contributed by atoms with E-state index in [1.54, 1.807) is 0 Å². The summed E-state index contributed by atoms with van der Waals surface area (Å²) in [4.78, 5) is 2.86. The predicted octanol–water partition coefficient (Wildman–Crippen LogP) is 0.909. The topological polar surface area (TPSA) is 70.2 Å². The molecule has 0 radical (unpaired) electrons. The Morgan fingerprint density at radius 1 is 1.36 bits per heavy atom. The fraction of sp³-hybridized carbons (Fsp3) is 0.333. The van der Waals surface area contributed by atoms with E-state index in [4.69, 9.17) is 4.55 Å². The molecule has 1 aromatic heterocycles. The van der Waals surface area contributed by atoms with Crippen molar-refractivity contribution in [2.24, 2.45) is 0 Å². The standard InChI is InChI=1S/C4H5N.C2H6O3S/c1-2-4-5-3-1;1-2-6(3,4)5/h1-5H;2H2,1H3,(H,3,4,5). The SMILES string of the molecule is CCS(=O)(=O)O.c1cc[nH]c1. The van der Waals surface area contributed by atoms with E-state index in [0.717, 1.165) is 0 Å². The average molecular weight is 177 g/mol. The van der Waals surface area contributed by atoms with Crippen LogP contribution in [0.15, 0.2) is 24.5 Å². The molecule has 1 aromatic rings. The van der Waals surface area contributed by atoms with Gasteiger partial charge >= 0.3 is 0 Å². The molecule has 0 saturated heterocycles. The highest BCUT2D eigenvalue weighted by molar-refractivity contribution is 7.85. The summed E-state index contributed by atoms with van der Waals surface area (Å²) < 4.78 is 26.9. The molecule has 11 heavy (non-hydrogen) atoms. The van der Waals surface area contributed by atoms with Crippen LogP contribution in [-0.2, 0) is 10.1 Å². The lowest BCUT2D eigenvalue weighted by molar-refractivity contribution is 0.484. The van der Waals surface area contributed by atoms with Gasteiger partial charge in [-0.15, -0.1) is 0 Å². The summed E-state index contributed by atoms with van der Waals surface area (Å²) in [6.07, 6.45) is 3.75. The molecule has 1 heterocycles. The van der Waals surface area contributed by atoms with Crippen molar-refractivity contribution in [2.75, 3.05) is 5.75 Å². The smallest absolute Gasteiger partial charge is 0.264 e. The van der Waals surface area contributed by atoms with Gasteiger partial charge in [0.15, 0.2) is 0 Å². The van der Waals surface area contributed by atoms with Crippen LogP contribution in [0.3, 0.4) is 0 Å². The number of nitrogens with one attached hydrogen (secondary N) is 1. The van der Waals surface area contributed by atoms with Crippen molar-refractivity contribution in [2.45, 2.75) is 6.92 Å². The third kappa shape index (κ3) is 9.19. The van der Waals surface area contributed by atoms with Crippen LogP contribution >= 0.6 is 0 Å². The zero-order chi connectivity index (χ0) is 8.74. The van der Waals surface area contributed by atoms with Crippen LogP contribution in [0.4, 0.5) is 0 Å². The van der Waals surface area contributed by atoms with Crippen molar-refractivity contribution >= 4 is 10.1 Å². The van der Waals surface area contributed by atoms with Gasteiger partial charge in [-0.1, -0.05) is 0 Å². The highest BCUT2D eigenvalue weighted by atomic mass is 32.2. The molecule has 1 rings (SSSR count). The molecule has 2 N–H and O–H groups in total. The van der Waals surface area contributed by atoms with Crippen LogP contribution < -0.4 is 0 Å². The van der Waals surface area contributed by atoms with Gasteiger partial charge < -0.3 is 4.98 Å². The maximum atomic E-state index is 9.56. The van der Waals surface area contributed by atoms with Crippen molar-refractivity contribution in [3.8, 4) is 0 Å². The summed E-state index contributed by atoms with van der Waals surface area (Å²) in [6.45, 7) is 1.37. The second-order valence-corrected chi connectivity index (χ2v) is 3.50. The van der Waals surface area contributed by atoms with Gasteiger partial charge in [-0.3, -0.25) is 4.55 Å². The molecule has 0 bridgehead atoms. The molecule has 0 amide bonds. The van der Waals surface area contributed by atoms with Gasteiger partial charge in [0.05, 0.1) is 5.75 Å². The Kier molecular flexibility index (Phi) is 4.56. The molecule has 0 fully saturated rings. The van der Waals surface area contributed by atoms with Gasteiger partial charge in [0.2, 0.25) is 0 Å². The van der Waals surface area contributed by atoms with E-state index in [-0.39, 0.29) is 5.75 Å². The minimum atomic E-state index is -3.66. The first-order valence-electron chi connectivity index (χ1n) is 3.09. The number of hydrogen-bond acceptors (Lipinski definition) is 2. The van der Waals surface area contributed by atoms with Gasteiger partial charge in [-0.05, 0) is 19.1 Å². The zero-order valence-corrected chi connectivity index (χ0v) is 7.00. The molecule has 0 aromatic carbocycles. The lowest BCUT2D eigenvalue weighted by atomic mass is 10.7. The first-order chi connectivity index (χ1) is 5.06. The van der Waals surface area contributed by atoms with Crippen LogP contribution in [0.25, 0.3) is 0 Å². The molecular weight excluding hydrogens is 166 g/mol. The fourth-order valence-electron chi connectivity index (χ4n) is 0.278. The summed E-state index contributed by atoms with van der Waals surface area (Å²) >= 11 is 0. The second-order valence-electron chi connectivity index (χ2n) is 1.76. The highest BCUT2D eigenvalue weighted by Gasteiger charge is 1.93. The van der Waals surface area contributed by atoms with E-state index in [1.807, 2.05) is 24.5 Å². The fourth-order valence-corrected chi connectivity index (χ4v) is 0.278. The molecule has 0 aliphatic carbocycles. The Morgan fingerprint density at radius 2 is 1.73 bits per heavy atom. The lowest BCUT2D eigenvalue weighted by Crippen LogP contribution is -1.97. The molecular formula is C6H11NO3S. The van der Waals surface area contributed by atoms with Crippen molar-refractivity contribution in [3.05, 3.63) is 24.5 Å². The molecule has 0 saturated carbocycles. The molecule has 0 spiro atoms. The predicted molar refractivity (Wildman–Crippen MR) is 42.9 cm³/mol. The highest BCUT2D eigenvalue weighted by Crippen LogP contribution is 1.74. The van der Waals surface area contributed by atoms with Gasteiger partial charge in [0.1, 0.15) is 0 Å². The summed E-state index contributed by atoms with van der Waals surface area (Å²) in [5, 5.41) is 0. The van der Waals surface area contributed by atoms with Gasteiger partial charge in [0, 0.05) is 12.4 Å². The first kappa shape index (κ1) is 10.2. The average Bonchev–Trinajstić information content (AvgIpc) is 2.41. The minimum absolute atomic E-state index is 0.201. The Labute approximate surface area is 66.0 Å². The van der Waals surface area contributed by atoms with E-state index in [2.05, 4.69) is 4.98 Å². The zero-order valence-electron chi connectivity index (χ0n) is 6.19. The van der Waals surface area contributed by atoms with E-state index in [1.165, 1.54) is 6.92 Å². The van der Waals surface area contributed by atoms with E-state index in [9.17, 15) is 8.42 Å². The number of aromatic amines is 1. The van der Waals surface area contributed by atoms with Crippen molar-refractivity contribution in [1.29, 1.82) is 0 Å². The van der Waals surface area contributed by atoms with Crippen molar-refractivity contribution < 1.29 is 13.0 Å². The van der Waals surface area contributed by atoms with Gasteiger partial charge in [-0.2, -0.15) is 8.42 Å². The molecule has 0 aliphatic rings. The Morgan fingerprint density at radius 3 is 1.82 bits per heavy atom. The molecule has 0 aliphatic heterocycles. The van der Waals surface area contributed by atoms with Gasteiger partial charge in [0.25, 0.3) is 10.1 Å². The maximum absolute atomic E-state index is 9.56. The molecule has 5 heteroatoms. The normalized spacial score (nSPS) is 10.0. The monoisotopic (exact) mass is 177 g/mol. The summed E-state index contributed by atoms with van der Waals surface area (Å²) in [6, 6.07) is 3.89. The number of rotatable bonds is 1. The van der Waals surface area contributed by atoms with E-state index in [0.29, 0.717) is 0 Å². The van der Waals surface area contributed by atoms with Crippen LogP contribution in [0.1, 0.15) is 6.92 Å². The molecule has 0 unspecified atom stereocenters. The summed E-state index contributed by atoms with van der Waals surface area (Å²) in [5.41, 5.74) is 0. The van der Waals surface area contributed by atoms with Crippen molar-refractivity contribution in [1.82, 2.24) is 4.98 Å². The van der Waals surface area contributed by atoms with Crippen LogP contribution in [0.5, 0.6) is 0 Å².